The fourth-order valence-corrected chi connectivity index (χ4v) is 3.80. The number of nitrogens with zero attached hydrogens (tertiary/aromatic N) is 2. The summed E-state index contributed by atoms with van der Waals surface area (Å²) < 4.78 is 7.33. The van der Waals surface area contributed by atoms with Crippen molar-refractivity contribution in [3.8, 4) is 17.2 Å². The van der Waals surface area contributed by atoms with E-state index in [2.05, 4.69) is 4.98 Å². The molecule has 0 aliphatic carbocycles. The first-order chi connectivity index (χ1) is 14.5. The van der Waals surface area contributed by atoms with Gasteiger partial charge in [-0.05, 0) is 55.5 Å². The van der Waals surface area contributed by atoms with Gasteiger partial charge in [0.05, 0.1) is 21.8 Å². The monoisotopic (exact) mass is 417 g/mol. The molecule has 0 bridgehead atoms. The number of nitrogens with two attached hydrogens (primary N) is 1. The molecule has 0 aliphatic rings. The molecule has 0 spiro atoms. The van der Waals surface area contributed by atoms with Crippen LogP contribution in [0.5, 0.6) is 11.5 Å². The second-order valence-corrected chi connectivity index (χ2v) is 7.93. The van der Waals surface area contributed by atoms with Crippen LogP contribution in [0.25, 0.3) is 16.6 Å². The van der Waals surface area contributed by atoms with Crippen molar-refractivity contribution in [2.75, 3.05) is 0 Å². The summed E-state index contributed by atoms with van der Waals surface area (Å²) in [5.74, 6) is 0.897. The summed E-state index contributed by atoms with van der Waals surface area (Å²) in [6, 6.07) is 23.7. The Labute approximate surface area is 177 Å². The Kier molecular flexibility index (Phi) is 5.54. The van der Waals surface area contributed by atoms with E-state index in [-0.39, 0.29) is 5.56 Å². The summed E-state index contributed by atoms with van der Waals surface area (Å²) in [4.78, 5) is 29.4. The second kappa shape index (κ2) is 8.42. The van der Waals surface area contributed by atoms with E-state index in [0.29, 0.717) is 27.5 Å². The summed E-state index contributed by atoms with van der Waals surface area (Å²) in [5, 5.41) is 0.366. The van der Waals surface area contributed by atoms with Crippen LogP contribution in [0.15, 0.2) is 88.8 Å². The number of ether oxygens (including phenoxy) is 1. The minimum atomic E-state index is -0.537. The van der Waals surface area contributed by atoms with Gasteiger partial charge < -0.3 is 10.5 Å². The largest absolute Gasteiger partial charge is 0.457 e. The van der Waals surface area contributed by atoms with Gasteiger partial charge in [-0.1, -0.05) is 42.1 Å². The van der Waals surface area contributed by atoms with E-state index in [9.17, 15) is 9.59 Å². The van der Waals surface area contributed by atoms with Gasteiger partial charge in [-0.25, -0.2) is 4.98 Å². The van der Waals surface area contributed by atoms with Crippen LogP contribution in [0.2, 0.25) is 0 Å². The highest BCUT2D eigenvalue weighted by atomic mass is 32.2. The van der Waals surface area contributed by atoms with Crippen LogP contribution in [-0.4, -0.2) is 20.7 Å². The lowest BCUT2D eigenvalue weighted by atomic mass is 10.2. The van der Waals surface area contributed by atoms with Gasteiger partial charge in [0.15, 0.2) is 5.16 Å². The summed E-state index contributed by atoms with van der Waals surface area (Å²) in [6.45, 7) is 1.69. The van der Waals surface area contributed by atoms with E-state index in [0.717, 1.165) is 17.5 Å². The molecule has 6 nitrogen and oxygen atoms in total. The van der Waals surface area contributed by atoms with Crippen LogP contribution < -0.4 is 16.0 Å². The van der Waals surface area contributed by atoms with E-state index in [4.69, 9.17) is 10.5 Å². The molecule has 150 valence electrons. The third-order valence-corrected chi connectivity index (χ3v) is 5.57. The summed E-state index contributed by atoms with van der Waals surface area (Å²) in [5.41, 5.74) is 6.41. The van der Waals surface area contributed by atoms with E-state index < -0.39 is 11.2 Å². The highest BCUT2D eigenvalue weighted by molar-refractivity contribution is 8.00. The molecule has 0 unspecified atom stereocenters. The van der Waals surface area contributed by atoms with Crippen molar-refractivity contribution in [3.63, 3.8) is 0 Å². The van der Waals surface area contributed by atoms with Gasteiger partial charge >= 0.3 is 0 Å². The average Bonchev–Trinajstić information content (AvgIpc) is 2.75. The number of hydrogen-bond donors (Lipinski definition) is 1. The van der Waals surface area contributed by atoms with Gasteiger partial charge in [0, 0.05) is 0 Å². The number of hydrogen-bond acceptors (Lipinski definition) is 5. The van der Waals surface area contributed by atoms with Crippen molar-refractivity contribution in [1.29, 1.82) is 0 Å². The van der Waals surface area contributed by atoms with Crippen LogP contribution in [-0.2, 0) is 4.79 Å². The molecule has 4 aromatic rings. The molecule has 0 saturated heterocycles. The molecule has 3 aromatic carbocycles. The number of carbonyl (C=O) groups excluding carboxylic acids is 1. The summed E-state index contributed by atoms with van der Waals surface area (Å²) >= 11 is 1.16. The smallest absolute Gasteiger partial charge is 0.266 e. The Balaban J connectivity index is 1.77. The number of primary amides is 1. The van der Waals surface area contributed by atoms with Crippen LogP contribution in [0.4, 0.5) is 0 Å². The average molecular weight is 417 g/mol. The Morgan fingerprint density at radius 2 is 1.60 bits per heavy atom. The number of fused-ring (bicyclic) bond motifs is 1. The molecule has 1 aromatic heterocycles. The molecule has 0 fully saturated rings. The Morgan fingerprint density at radius 1 is 0.967 bits per heavy atom. The number of para-hydroxylation sites is 2. The molecule has 2 N–H and O–H groups in total. The molecule has 4 rings (SSSR count). The van der Waals surface area contributed by atoms with Gasteiger partial charge in [0.2, 0.25) is 5.91 Å². The third kappa shape index (κ3) is 4.06. The third-order valence-electron chi connectivity index (χ3n) is 4.50. The quantitative estimate of drug-likeness (QED) is 0.376. The molecular weight excluding hydrogens is 398 g/mol. The normalized spacial score (nSPS) is 11.9. The SMILES string of the molecule is C[C@H](Sc1nc2ccccc2c(=O)n1-c1ccc(Oc2ccccc2)cc1)C(N)=O. The fraction of sp³-hybridized carbons (Fsp3) is 0.0870. The van der Waals surface area contributed by atoms with E-state index >= 15 is 0 Å². The number of amides is 1. The first kappa shape index (κ1) is 19.7. The van der Waals surface area contributed by atoms with E-state index in [1.165, 1.54) is 4.57 Å². The number of benzene rings is 3. The molecule has 7 heteroatoms. The molecule has 30 heavy (non-hydrogen) atoms. The molecule has 1 heterocycles. The van der Waals surface area contributed by atoms with Crippen molar-refractivity contribution < 1.29 is 9.53 Å². The van der Waals surface area contributed by atoms with Crippen molar-refractivity contribution in [2.24, 2.45) is 5.73 Å². The maximum absolute atomic E-state index is 13.2. The number of thioether (sulfide) groups is 1. The van der Waals surface area contributed by atoms with Crippen molar-refractivity contribution >= 4 is 28.6 Å². The topological polar surface area (TPSA) is 87.2 Å². The molecule has 0 saturated carbocycles. The first-order valence-electron chi connectivity index (χ1n) is 9.34. The minimum Gasteiger partial charge on any atom is -0.457 e. The van der Waals surface area contributed by atoms with Crippen molar-refractivity contribution in [1.82, 2.24) is 9.55 Å². The Hall–Kier alpha value is -3.58. The van der Waals surface area contributed by atoms with Crippen molar-refractivity contribution in [2.45, 2.75) is 17.3 Å². The Bertz CT molecular complexity index is 1250. The highest BCUT2D eigenvalue weighted by Gasteiger charge is 2.18. The van der Waals surface area contributed by atoms with Gasteiger partial charge in [0.25, 0.3) is 5.56 Å². The zero-order valence-electron chi connectivity index (χ0n) is 16.2. The maximum atomic E-state index is 13.2. The molecular formula is C23H19N3O3S. The number of rotatable bonds is 6. The predicted octanol–water partition coefficient (Wildman–Crippen LogP) is 4.14. The van der Waals surface area contributed by atoms with E-state index in [1.54, 1.807) is 49.4 Å². The van der Waals surface area contributed by atoms with Gasteiger partial charge in [-0.15, -0.1) is 0 Å². The first-order valence-corrected chi connectivity index (χ1v) is 10.2. The standard InChI is InChI=1S/C23H19N3O3S/c1-15(21(24)27)30-23-25-20-10-6-5-9-19(20)22(28)26(23)16-11-13-18(14-12-16)29-17-7-3-2-4-8-17/h2-15H,1H3,(H2,24,27)/t15-/m0/s1. The van der Waals surface area contributed by atoms with Gasteiger partial charge in [0.1, 0.15) is 11.5 Å². The highest BCUT2D eigenvalue weighted by Crippen LogP contribution is 2.27. The molecule has 0 radical (unpaired) electrons. The molecule has 1 atom stereocenters. The van der Waals surface area contributed by atoms with Crippen LogP contribution in [0.3, 0.4) is 0 Å². The lowest BCUT2D eigenvalue weighted by Gasteiger charge is -2.15. The van der Waals surface area contributed by atoms with Gasteiger partial charge in [-0.2, -0.15) is 0 Å². The summed E-state index contributed by atoms with van der Waals surface area (Å²) in [6.07, 6.45) is 0. The van der Waals surface area contributed by atoms with Gasteiger partial charge in [-0.3, -0.25) is 14.2 Å². The Morgan fingerprint density at radius 3 is 2.30 bits per heavy atom. The maximum Gasteiger partial charge on any atom is 0.266 e. The number of carbonyl (C=O) groups is 1. The fourth-order valence-electron chi connectivity index (χ4n) is 2.92. The zero-order chi connectivity index (χ0) is 21.1. The van der Waals surface area contributed by atoms with Crippen LogP contribution >= 0.6 is 11.8 Å². The predicted molar refractivity (Wildman–Crippen MR) is 118 cm³/mol. The lowest BCUT2D eigenvalue weighted by Crippen LogP contribution is -2.26. The zero-order valence-corrected chi connectivity index (χ0v) is 17.0. The molecule has 1 amide bonds. The minimum absolute atomic E-state index is 0.212. The lowest BCUT2D eigenvalue weighted by molar-refractivity contribution is -0.117. The number of aromatic nitrogens is 2. The summed E-state index contributed by atoms with van der Waals surface area (Å²) in [7, 11) is 0. The van der Waals surface area contributed by atoms with Crippen LogP contribution in [0, 0.1) is 0 Å². The van der Waals surface area contributed by atoms with Crippen LogP contribution in [0.1, 0.15) is 6.92 Å². The molecule has 0 aliphatic heterocycles. The second-order valence-electron chi connectivity index (χ2n) is 6.62. The van der Waals surface area contributed by atoms with E-state index in [1.807, 2.05) is 36.4 Å². The van der Waals surface area contributed by atoms with Crippen molar-refractivity contribution in [3.05, 3.63) is 89.2 Å².